The van der Waals surface area contributed by atoms with Crippen molar-refractivity contribution in [3.63, 3.8) is 0 Å². The molecule has 0 radical (unpaired) electrons. The van der Waals surface area contributed by atoms with Crippen molar-refractivity contribution in [3.05, 3.63) is 47.4 Å². The molecule has 0 saturated heterocycles. The summed E-state index contributed by atoms with van der Waals surface area (Å²) in [6, 6.07) is 4.26. The third-order valence-corrected chi connectivity index (χ3v) is 2.84. The summed E-state index contributed by atoms with van der Waals surface area (Å²) in [7, 11) is 0. The van der Waals surface area contributed by atoms with Crippen LogP contribution in [-0.2, 0) is 6.54 Å². The first kappa shape index (κ1) is 11.8. The Morgan fingerprint density at radius 2 is 2.00 bits per heavy atom. The maximum absolute atomic E-state index is 5.51. The first-order valence-electron chi connectivity index (χ1n) is 5.73. The van der Waals surface area contributed by atoms with Gasteiger partial charge in [-0.1, -0.05) is 0 Å². The average Bonchev–Trinajstić information content (AvgIpc) is 2.67. The molecular weight excluding hydrogens is 214 g/mol. The summed E-state index contributed by atoms with van der Waals surface area (Å²) in [5.74, 6) is 1.62. The van der Waals surface area contributed by atoms with Gasteiger partial charge in [0.1, 0.15) is 5.76 Å². The number of pyridine rings is 1. The zero-order valence-electron chi connectivity index (χ0n) is 10.4. The second-order valence-corrected chi connectivity index (χ2v) is 4.13. The quantitative estimate of drug-likeness (QED) is 0.878. The number of hydrogen-bond donors (Lipinski definition) is 1. The monoisotopic (exact) mass is 231 g/mol. The maximum atomic E-state index is 5.51. The van der Waals surface area contributed by atoms with Crippen LogP contribution < -0.4 is 5.32 Å². The minimum Gasteiger partial charge on any atom is -0.444 e. The van der Waals surface area contributed by atoms with Gasteiger partial charge >= 0.3 is 0 Å². The molecule has 0 amide bonds. The van der Waals surface area contributed by atoms with Crippen LogP contribution in [0.2, 0.25) is 0 Å². The summed E-state index contributed by atoms with van der Waals surface area (Å²) >= 11 is 0. The standard InChI is InChI=1S/C13H17N3O/c1-9-11(3)17-13(16-9)8-15-10(2)12-4-6-14-7-5-12/h4-7,10,15H,8H2,1-3H3/t10-/m0/s1. The Morgan fingerprint density at radius 3 is 2.59 bits per heavy atom. The highest BCUT2D eigenvalue weighted by Gasteiger charge is 2.08. The molecule has 0 bridgehead atoms. The van der Waals surface area contributed by atoms with E-state index in [2.05, 4.69) is 22.2 Å². The zero-order chi connectivity index (χ0) is 12.3. The minimum absolute atomic E-state index is 0.255. The zero-order valence-corrected chi connectivity index (χ0v) is 10.4. The van der Waals surface area contributed by atoms with Gasteiger partial charge in [-0.05, 0) is 38.5 Å². The maximum Gasteiger partial charge on any atom is 0.208 e. The van der Waals surface area contributed by atoms with Gasteiger partial charge < -0.3 is 9.73 Å². The molecule has 0 aromatic carbocycles. The fourth-order valence-corrected chi connectivity index (χ4v) is 1.63. The van der Waals surface area contributed by atoms with Gasteiger partial charge in [0, 0.05) is 18.4 Å². The van der Waals surface area contributed by atoms with Crippen molar-refractivity contribution in [1.82, 2.24) is 15.3 Å². The number of hydrogen-bond acceptors (Lipinski definition) is 4. The topological polar surface area (TPSA) is 51.0 Å². The van der Waals surface area contributed by atoms with Crippen LogP contribution in [0.5, 0.6) is 0 Å². The van der Waals surface area contributed by atoms with E-state index in [1.165, 1.54) is 5.56 Å². The van der Waals surface area contributed by atoms with Crippen molar-refractivity contribution >= 4 is 0 Å². The molecule has 0 saturated carbocycles. The van der Waals surface area contributed by atoms with Gasteiger partial charge in [-0.15, -0.1) is 0 Å². The van der Waals surface area contributed by atoms with Crippen molar-refractivity contribution in [3.8, 4) is 0 Å². The van der Waals surface area contributed by atoms with Crippen LogP contribution in [0, 0.1) is 13.8 Å². The Kier molecular flexibility index (Phi) is 3.54. The number of nitrogens with one attached hydrogen (secondary N) is 1. The molecule has 2 rings (SSSR count). The van der Waals surface area contributed by atoms with Crippen LogP contribution in [0.4, 0.5) is 0 Å². The molecule has 2 aromatic rings. The van der Waals surface area contributed by atoms with Crippen molar-refractivity contribution < 1.29 is 4.42 Å². The van der Waals surface area contributed by atoms with E-state index in [0.717, 1.165) is 17.3 Å². The van der Waals surface area contributed by atoms with Gasteiger partial charge in [-0.2, -0.15) is 0 Å². The predicted molar refractivity (Wildman–Crippen MR) is 65.5 cm³/mol. The molecule has 2 aromatic heterocycles. The Labute approximate surface area is 101 Å². The lowest BCUT2D eigenvalue weighted by Crippen LogP contribution is -2.18. The summed E-state index contributed by atoms with van der Waals surface area (Å²) in [6.07, 6.45) is 3.60. The average molecular weight is 231 g/mol. The number of aromatic nitrogens is 2. The first-order valence-corrected chi connectivity index (χ1v) is 5.73. The summed E-state index contributed by atoms with van der Waals surface area (Å²) in [4.78, 5) is 8.34. The SMILES string of the molecule is Cc1nc(CN[C@@H](C)c2ccncc2)oc1C. The third-order valence-electron chi connectivity index (χ3n) is 2.84. The molecule has 0 aliphatic rings. The molecule has 0 aliphatic carbocycles. The molecule has 0 unspecified atom stereocenters. The fraction of sp³-hybridized carbons (Fsp3) is 0.385. The van der Waals surface area contributed by atoms with Gasteiger partial charge in [0.2, 0.25) is 5.89 Å². The lowest BCUT2D eigenvalue weighted by molar-refractivity contribution is 0.432. The van der Waals surface area contributed by atoms with E-state index in [0.29, 0.717) is 6.54 Å². The smallest absolute Gasteiger partial charge is 0.208 e. The first-order chi connectivity index (χ1) is 8.16. The van der Waals surface area contributed by atoms with Crippen molar-refractivity contribution in [1.29, 1.82) is 0 Å². The summed E-state index contributed by atoms with van der Waals surface area (Å²) in [5, 5.41) is 3.37. The third kappa shape index (κ3) is 2.91. The second kappa shape index (κ2) is 5.10. The van der Waals surface area contributed by atoms with E-state index in [1.54, 1.807) is 12.4 Å². The van der Waals surface area contributed by atoms with Crippen LogP contribution in [0.3, 0.4) is 0 Å². The molecule has 0 aliphatic heterocycles. The predicted octanol–water partition coefficient (Wildman–Crippen LogP) is 2.54. The number of oxazole rings is 1. The summed E-state index contributed by atoms with van der Waals surface area (Å²) in [6.45, 7) is 6.63. The van der Waals surface area contributed by atoms with E-state index in [4.69, 9.17) is 4.42 Å². The van der Waals surface area contributed by atoms with Crippen LogP contribution in [0.15, 0.2) is 28.9 Å². The molecule has 0 spiro atoms. The second-order valence-electron chi connectivity index (χ2n) is 4.13. The van der Waals surface area contributed by atoms with Gasteiger partial charge in [-0.25, -0.2) is 4.98 Å². The Morgan fingerprint density at radius 1 is 1.29 bits per heavy atom. The number of aryl methyl sites for hydroxylation is 2. The molecule has 2 heterocycles. The molecule has 4 nitrogen and oxygen atoms in total. The van der Waals surface area contributed by atoms with Crippen molar-refractivity contribution in [2.24, 2.45) is 0 Å². The molecule has 1 N–H and O–H groups in total. The lowest BCUT2D eigenvalue weighted by Gasteiger charge is -2.12. The van der Waals surface area contributed by atoms with Gasteiger partial charge in [0.25, 0.3) is 0 Å². The summed E-state index contributed by atoms with van der Waals surface area (Å²) in [5.41, 5.74) is 2.17. The van der Waals surface area contributed by atoms with Crippen LogP contribution in [0.1, 0.15) is 35.9 Å². The van der Waals surface area contributed by atoms with E-state index in [9.17, 15) is 0 Å². The molecule has 90 valence electrons. The van der Waals surface area contributed by atoms with Crippen LogP contribution in [0.25, 0.3) is 0 Å². The minimum atomic E-state index is 0.255. The van der Waals surface area contributed by atoms with Crippen molar-refractivity contribution in [2.75, 3.05) is 0 Å². The largest absolute Gasteiger partial charge is 0.444 e. The molecule has 0 fully saturated rings. The van der Waals surface area contributed by atoms with Gasteiger partial charge in [-0.3, -0.25) is 4.98 Å². The normalized spacial score (nSPS) is 12.6. The van der Waals surface area contributed by atoms with E-state index < -0.39 is 0 Å². The number of nitrogens with zero attached hydrogens (tertiary/aromatic N) is 2. The van der Waals surface area contributed by atoms with E-state index in [-0.39, 0.29) is 6.04 Å². The van der Waals surface area contributed by atoms with Crippen molar-refractivity contribution in [2.45, 2.75) is 33.4 Å². The Hall–Kier alpha value is -1.68. The molecular formula is C13H17N3O. The summed E-state index contributed by atoms with van der Waals surface area (Å²) < 4.78 is 5.51. The van der Waals surface area contributed by atoms with E-state index in [1.807, 2.05) is 26.0 Å². The highest BCUT2D eigenvalue weighted by Crippen LogP contribution is 2.12. The lowest BCUT2D eigenvalue weighted by atomic mass is 10.1. The molecule has 4 heteroatoms. The number of rotatable bonds is 4. The Balaban J connectivity index is 1.94. The fourth-order valence-electron chi connectivity index (χ4n) is 1.63. The molecule has 1 atom stereocenters. The van der Waals surface area contributed by atoms with Gasteiger partial charge in [0.05, 0.1) is 12.2 Å². The van der Waals surface area contributed by atoms with Crippen LogP contribution >= 0.6 is 0 Å². The highest BCUT2D eigenvalue weighted by atomic mass is 16.4. The van der Waals surface area contributed by atoms with E-state index >= 15 is 0 Å². The Bertz CT molecular complexity index is 459. The molecule has 17 heavy (non-hydrogen) atoms. The highest BCUT2D eigenvalue weighted by molar-refractivity contribution is 5.14. The van der Waals surface area contributed by atoms with Crippen LogP contribution in [-0.4, -0.2) is 9.97 Å². The van der Waals surface area contributed by atoms with Gasteiger partial charge in [0.15, 0.2) is 0 Å².